The third-order valence-corrected chi connectivity index (χ3v) is 7.24. The lowest BCUT2D eigenvalue weighted by atomic mass is 10.1. The lowest BCUT2D eigenvalue weighted by Gasteiger charge is -2.41. The third kappa shape index (κ3) is 4.84. The summed E-state index contributed by atoms with van der Waals surface area (Å²) >= 11 is 0. The fourth-order valence-electron chi connectivity index (χ4n) is 5.15. The maximum Gasteiger partial charge on any atom is 0.239 e. The highest BCUT2D eigenvalue weighted by atomic mass is 16.7. The molecular weight excluding hydrogens is 514 g/mol. The van der Waals surface area contributed by atoms with Crippen LogP contribution in [0.15, 0.2) is 61.2 Å². The van der Waals surface area contributed by atoms with Crippen molar-refractivity contribution in [1.82, 2.24) is 30.2 Å². The Labute approximate surface area is 229 Å². The number of anilines is 1. The molecule has 1 saturated heterocycles. The lowest BCUT2D eigenvalue weighted by molar-refractivity contribution is -0.127. The summed E-state index contributed by atoms with van der Waals surface area (Å²) in [5.41, 5.74) is 2.68. The van der Waals surface area contributed by atoms with E-state index in [0.717, 1.165) is 28.4 Å². The average molecular weight is 542 g/mol. The van der Waals surface area contributed by atoms with Crippen LogP contribution in [0.3, 0.4) is 0 Å². The Balaban J connectivity index is 1.11. The summed E-state index contributed by atoms with van der Waals surface area (Å²) < 4.78 is 21.9. The number of carbonyl (C=O) groups is 1. The van der Waals surface area contributed by atoms with Crippen LogP contribution < -0.4 is 29.2 Å². The first-order valence-electron chi connectivity index (χ1n) is 13.1. The van der Waals surface area contributed by atoms with Gasteiger partial charge in [-0.2, -0.15) is 0 Å². The second-order valence-corrected chi connectivity index (χ2v) is 9.72. The van der Waals surface area contributed by atoms with Crippen LogP contribution in [0.2, 0.25) is 0 Å². The van der Waals surface area contributed by atoms with Crippen LogP contribution in [0.1, 0.15) is 11.1 Å². The minimum Gasteiger partial charge on any atom is -0.454 e. The zero-order valence-corrected chi connectivity index (χ0v) is 21.6. The molecule has 5 heterocycles. The highest BCUT2D eigenvalue weighted by molar-refractivity contribution is 5.83. The molecule has 1 amide bonds. The highest BCUT2D eigenvalue weighted by Crippen LogP contribution is 2.34. The van der Waals surface area contributed by atoms with Gasteiger partial charge in [-0.15, -0.1) is 0 Å². The molecule has 204 valence electrons. The van der Waals surface area contributed by atoms with Crippen molar-refractivity contribution in [3.63, 3.8) is 0 Å². The van der Waals surface area contributed by atoms with Gasteiger partial charge >= 0.3 is 0 Å². The van der Waals surface area contributed by atoms with Gasteiger partial charge in [0.15, 0.2) is 28.8 Å². The van der Waals surface area contributed by atoms with Crippen LogP contribution in [0.4, 0.5) is 5.82 Å². The average Bonchev–Trinajstić information content (AvgIpc) is 3.78. The first-order valence-corrected chi connectivity index (χ1v) is 13.1. The number of carbonyl (C=O) groups excluding carboxylic acids is 1. The molecule has 1 unspecified atom stereocenters. The van der Waals surface area contributed by atoms with Crippen LogP contribution >= 0.6 is 0 Å². The molecule has 2 N–H and O–H groups in total. The van der Waals surface area contributed by atoms with Crippen molar-refractivity contribution in [1.29, 1.82) is 0 Å². The van der Waals surface area contributed by atoms with Gasteiger partial charge in [-0.1, -0.05) is 12.1 Å². The Bertz CT molecular complexity index is 1530. The van der Waals surface area contributed by atoms with Gasteiger partial charge in [0.1, 0.15) is 23.9 Å². The zero-order chi connectivity index (χ0) is 26.9. The van der Waals surface area contributed by atoms with Crippen LogP contribution in [-0.4, -0.2) is 70.0 Å². The Kier molecular flexibility index (Phi) is 6.28. The zero-order valence-electron chi connectivity index (χ0n) is 21.6. The fourth-order valence-corrected chi connectivity index (χ4v) is 5.15. The molecule has 2 aromatic heterocycles. The second kappa shape index (κ2) is 10.4. The van der Waals surface area contributed by atoms with Crippen molar-refractivity contribution >= 4 is 11.7 Å². The van der Waals surface area contributed by atoms with Crippen LogP contribution in [0, 0.1) is 0 Å². The number of nitrogens with one attached hydrogen (secondary N) is 2. The number of piperazine rings is 1. The van der Waals surface area contributed by atoms with E-state index in [4.69, 9.17) is 18.9 Å². The van der Waals surface area contributed by atoms with Crippen molar-refractivity contribution in [2.45, 2.75) is 19.1 Å². The Morgan fingerprint density at radius 2 is 1.65 bits per heavy atom. The van der Waals surface area contributed by atoms with E-state index in [1.54, 1.807) is 12.4 Å². The smallest absolute Gasteiger partial charge is 0.239 e. The molecule has 4 aromatic rings. The molecule has 1 atom stereocenters. The number of hydrogen-bond acceptors (Lipinski definition) is 10. The minimum atomic E-state index is -0.421. The van der Waals surface area contributed by atoms with Crippen molar-refractivity contribution in [2.75, 3.05) is 38.1 Å². The molecule has 3 aliphatic rings. The monoisotopic (exact) mass is 541 g/mol. The van der Waals surface area contributed by atoms with E-state index in [9.17, 15) is 4.79 Å². The fraction of sp³-hybridized carbons (Fsp3) is 0.286. The molecule has 7 rings (SSSR count). The number of aromatic nitrogens is 4. The molecule has 3 aliphatic heterocycles. The predicted molar refractivity (Wildman–Crippen MR) is 143 cm³/mol. The van der Waals surface area contributed by atoms with Crippen molar-refractivity contribution in [3.8, 4) is 34.5 Å². The molecule has 0 aliphatic carbocycles. The van der Waals surface area contributed by atoms with Gasteiger partial charge in [-0.25, -0.2) is 15.0 Å². The molecule has 0 spiro atoms. The van der Waals surface area contributed by atoms with Crippen molar-refractivity contribution < 1.29 is 23.7 Å². The van der Waals surface area contributed by atoms with Crippen molar-refractivity contribution in [2.24, 2.45) is 0 Å². The molecule has 12 heteroatoms. The van der Waals surface area contributed by atoms with Gasteiger partial charge in [0.05, 0.1) is 0 Å². The van der Waals surface area contributed by atoms with E-state index in [1.165, 1.54) is 6.33 Å². The molecule has 40 heavy (non-hydrogen) atoms. The van der Waals surface area contributed by atoms with E-state index in [0.29, 0.717) is 55.7 Å². The summed E-state index contributed by atoms with van der Waals surface area (Å²) in [6, 6.07) is 13.1. The van der Waals surface area contributed by atoms with E-state index in [1.807, 2.05) is 42.5 Å². The summed E-state index contributed by atoms with van der Waals surface area (Å²) in [6.07, 6.45) is 4.97. The lowest BCUT2D eigenvalue weighted by Crippen LogP contribution is -2.58. The first kappa shape index (κ1) is 24.2. The maximum atomic E-state index is 13.7. The molecule has 0 radical (unpaired) electrons. The standard InChI is InChI=1S/C28H27N7O5/c36-28(31-12-18-1-3-22-24(9-18)39-16-37-22)21-14-35(26-11-20(32-15-33-26)27-29-5-6-30-27)8-7-34(21)13-19-2-4-23-25(10-19)40-17-38-23/h1-6,9-11,15,21H,7-8,12-14,16-17H2,(H,29,30)(H,31,36). The van der Waals surface area contributed by atoms with Crippen LogP contribution in [0.25, 0.3) is 11.5 Å². The summed E-state index contributed by atoms with van der Waals surface area (Å²) in [5, 5.41) is 3.13. The number of rotatable bonds is 7. The van der Waals surface area contributed by atoms with Gasteiger partial charge in [0, 0.05) is 51.2 Å². The van der Waals surface area contributed by atoms with Gasteiger partial charge in [-0.05, 0) is 35.4 Å². The van der Waals surface area contributed by atoms with E-state index in [2.05, 4.69) is 35.1 Å². The second-order valence-electron chi connectivity index (χ2n) is 9.72. The summed E-state index contributed by atoms with van der Waals surface area (Å²) in [6.45, 7) is 3.23. The Morgan fingerprint density at radius 3 is 2.42 bits per heavy atom. The Hall–Kier alpha value is -4.84. The number of H-pyrrole nitrogens is 1. The van der Waals surface area contributed by atoms with Gasteiger partial charge in [-0.3, -0.25) is 9.69 Å². The van der Waals surface area contributed by atoms with E-state index >= 15 is 0 Å². The topological polar surface area (TPSA) is 127 Å². The number of fused-ring (bicyclic) bond motifs is 2. The Morgan fingerprint density at radius 1 is 0.900 bits per heavy atom. The highest BCUT2D eigenvalue weighted by Gasteiger charge is 2.33. The number of benzene rings is 2. The van der Waals surface area contributed by atoms with Crippen LogP contribution in [-0.2, 0) is 17.9 Å². The molecule has 0 bridgehead atoms. The predicted octanol–water partition coefficient (Wildman–Crippen LogP) is 2.33. The number of nitrogens with zero attached hydrogens (tertiary/aromatic N) is 5. The molecule has 1 fully saturated rings. The van der Waals surface area contributed by atoms with E-state index < -0.39 is 6.04 Å². The number of ether oxygens (including phenoxy) is 4. The SMILES string of the molecule is O=C(NCc1ccc2c(c1)OCO2)C1CN(c2cc(-c3ncc[nH]3)ncn2)CCN1Cc1ccc2c(c1)OCO2. The third-order valence-electron chi connectivity index (χ3n) is 7.24. The molecule has 0 saturated carbocycles. The van der Waals surface area contributed by atoms with Gasteiger partial charge in [0.2, 0.25) is 19.5 Å². The minimum absolute atomic E-state index is 0.0663. The largest absolute Gasteiger partial charge is 0.454 e. The summed E-state index contributed by atoms with van der Waals surface area (Å²) in [4.78, 5) is 34.3. The molecule has 12 nitrogen and oxygen atoms in total. The number of amides is 1. The number of aromatic amines is 1. The maximum absolute atomic E-state index is 13.7. The van der Waals surface area contributed by atoms with Gasteiger partial charge < -0.3 is 34.1 Å². The number of imidazole rings is 1. The summed E-state index contributed by atoms with van der Waals surface area (Å²) in [7, 11) is 0. The van der Waals surface area contributed by atoms with E-state index in [-0.39, 0.29) is 19.5 Å². The first-order chi connectivity index (χ1) is 19.7. The quantitative estimate of drug-likeness (QED) is 0.360. The molecule has 2 aromatic carbocycles. The van der Waals surface area contributed by atoms with Gasteiger partial charge in [0.25, 0.3) is 0 Å². The molecular formula is C28H27N7O5. The van der Waals surface area contributed by atoms with Crippen LogP contribution in [0.5, 0.6) is 23.0 Å². The normalized spacial score (nSPS) is 17.7. The van der Waals surface area contributed by atoms with Crippen molar-refractivity contribution in [3.05, 3.63) is 72.3 Å². The summed E-state index contributed by atoms with van der Waals surface area (Å²) in [5.74, 6) is 4.22. The number of hydrogen-bond donors (Lipinski definition) is 2.